The zero-order chi connectivity index (χ0) is 25.3. The largest absolute Gasteiger partial charge is 0.500 e. The molecule has 1 fully saturated rings. The zero-order valence-corrected chi connectivity index (χ0v) is 28.3. The minimum atomic E-state index is 0. The van der Waals surface area contributed by atoms with E-state index in [-0.39, 0.29) is 77.9 Å². The number of hydrogen-bond acceptors (Lipinski definition) is 4. The van der Waals surface area contributed by atoms with Crippen LogP contribution in [0, 0.1) is 12.1 Å². The smallest absolute Gasteiger partial charge is 0.149 e. The van der Waals surface area contributed by atoms with E-state index in [0.29, 0.717) is 11.8 Å². The van der Waals surface area contributed by atoms with Gasteiger partial charge in [0, 0.05) is 103 Å². The van der Waals surface area contributed by atoms with E-state index in [0.717, 1.165) is 50.5 Å². The summed E-state index contributed by atoms with van der Waals surface area (Å²) in [4.78, 5) is 5.04. The summed E-state index contributed by atoms with van der Waals surface area (Å²) < 4.78 is 13.2. The fourth-order valence-electron chi connectivity index (χ4n) is 6.43. The maximum Gasteiger partial charge on any atom is 0.149 e. The van der Waals surface area contributed by atoms with Gasteiger partial charge in [-0.25, -0.2) is 0 Å². The Balaban J connectivity index is 0.00000161. The van der Waals surface area contributed by atoms with Crippen LogP contribution in [0.2, 0.25) is 0 Å². The number of fused-ring (bicyclic) bond motifs is 2. The number of rotatable bonds is 4. The second kappa shape index (κ2) is 13.7. The third-order valence-electron chi connectivity index (χ3n) is 8.43. The molecule has 4 nitrogen and oxygen atoms in total. The van der Waals surface area contributed by atoms with Crippen LogP contribution in [0.3, 0.4) is 0 Å². The number of ether oxygens (including phenoxy) is 2. The van der Waals surface area contributed by atoms with Gasteiger partial charge in [0.25, 0.3) is 0 Å². The second-order valence-electron chi connectivity index (χ2n) is 10.5. The topological polar surface area (TPSA) is 24.9 Å². The molecular weight excluding hydrogens is 646 g/mol. The number of piperazine rings is 1. The molecule has 4 aromatic rings. The Morgan fingerprint density at radius 2 is 0.950 bits per heavy atom. The van der Waals surface area contributed by atoms with Crippen molar-refractivity contribution in [3.05, 3.63) is 131 Å². The summed E-state index contributed by atoms with van der Waals surface area (Å²) in [6.45, 7) is 3.86. The first-order chi connectivity index (χ1) is 18.8. The molecule has 0 spiro atoms. The van der Waals surface area contributed by atoms with Crippen molar-refractivity contribution in [2.45, 2.75) is 37.1 Å². The standard InChI is InChI=1S/C34H32N2O2.2Y/c1-3-11-25(12-4-1)29-23-33(37-31-17-9-7-15-27(29)31)35-19-21-36(22-20-35)34-24-30(26-13-5-2-6-14-26)28-16-8-10-18-32(28)38-34;;/h1-6,9-18,29-30,33-34H,19-24H2;;/q-2;;. The van der Waals surface area contributed by atoms with Gasteiger partial charge in [-0.15, -0.1) is 23.3 Å². The SMILES string of the molecule is [Y].[Y].[c-]1ccc2c(c1)C(c1ccccc1)CC(N1CCN(C3CC(c4ccccc4)c4c[c-]ccc4O3)CC1)O2. The van der Waals surface area contributed by atoms with Crippen LogP contribution in [0.15, 0.2) is 97.1 Å². The van der Waals surface area contributed by atoms with Gasteiger partial charge < -0.3 is 9.47 Å². The van der Waals surface area contributed by atoms with Crippen LogP contribution in [-0.2, 0) is 65.4 Å². The van der Waals surface area contributed by atoms with Crippen LogP contribution in [0.5, 0.6) is 11.5 Å². The third kappa shape index (κ3) is 6.19. The van der Waals surface area contributed by atoms with E-state index < -0.39 is 0 Å². The predicted octanol–water partition coefficient (Wildman–Crippen LogP) is 6.08. The van der Waals surface area contributed by atoms with Gasteiger partial charge >= 0.3 is 0 Å². The van der Waals surface area contributed by atoms with E-state index >= 15 is 0 Å². The fraction of sp³-hybridized carbons (Fsp3) is 0.294. The van der Waals surface area contributed by atoms with E-state index in [1.54, 1.807) is 0 Å². The van der Waals surface area contributed by atoms with Gasteiger partial charge in [0.15, 0.2) is 0 Å². The zero-order valence-electron chi connectivity index (χ0n) is 22.7. The number of benzene rings is 4. The molecule has 4 atom stereocenters. The van der Waals surface area contributed by atoms with Crippen molar-refractivity contribution in [3.63, 3.8) is 0 Å². The summed E-state index contributed by atoms with van der Waals surface area (Å²) in [5.74, 6) is 2.63. The normalized spacial score (nSPS) is 24.2. The van der Waals surface area contributed by atoms with Crippen LogP contribution in [0.25, 0.3) is 0 Å². The molecular formula is C34H32N2O2Y2-2. The van der Waals surface area contributed by atoms with Gasteiger partial charge in [-0.2, -0.15) is 36.4 Å². The van der Waals surface area contributed by atoms with Crippen LogP contribution in [0.1, 0.15) is 46.9 Å². The third-order valence-corrected chi connectivity index (χ3v) is 8.43. The fourth-order valence-corrected chi connectivity index (χ4v) is 6.43. The van der Waals surface area contributed by atoms with E-state index in [1.165, 1.54) is 22.3 Å². The maximum absolute atomic E-state index is 6.58. The number of hydrogen-bond donors (Lipinski definition) is 0. The number of nitrogens with zero attached hydrogens (tertiary/aromatic N) is 2. The molecule has 4 aromatic carbocycles. The molecule has 0 aromatic heterocycles. The van der Waals surface area contributed by atoms with Crippen molar-refractivity contribution < 1.29 is 74.9 Å². The quantitative estimate of drug-likeness (QED) is 0.245. The summed E-state index contributed by atoms with van der Waals surface area (Å²) in [5, 5.41) is 0. The van der Waals surface area contributed by atoms with E-state index in [2.05, 4.69) is 107 Å². The maximum atomic E-state index is 6.58. The molecule has 3 aliphatic heterocycles. The molecule has 3 heterocycles. The van der Waals surface area contributed by atoms with E-state index in [9.17, 15) is 0 Å². The first-order valence-corrected chi connectivity index (χ1v) is 13.7. The van der Waals surface area contributed by atoms with Crippen molar-refractivity contribution in [3.8, 4) is 11.5 Å². The molecule has 0 N–H and O–H groups in total. The van der Waals surface area contributed by atoms with Gasteiger partial charge in [0.1, 0.15) is 12.5 Å². The van der Waals surface area contributed by atoms with Crippen molar-refractivity contribution in [1.82, 2.24) is 9.80 Å². The van der Waals surface area contributed by atoms with Crippen LogP contribution in [0.4, 0.5) is 0 Å². The van der Waals surface area contributed by atoms with Crippen molar-refractivity contribution in [1.29, 1.82) is 0 Å². The summed E-state index contributed by atoms with van der Waals surface area (Å²) in [7, 11) is 0. The van der Waals surface area contributed by atoms with Gasteiger partial charge in [-0.1, -0.05) is 71.8 Å². The van der Waals surface area contributed by atoms with E-state index in [4.69, 9.17) is 9.47 Å². The summed E-state index contributed by atoms with van der Waals surface area (Å²) in [6, 6.07) is 40.4. The molecule has 0 bridgehead atoms. The van der Waals surface area contributed by atoms with Gasteiger partial charge in [0.2, 0.25) is 0 Å². The Bertz CT molecular complexity index is 1270. The van der Waals surface area contributed by atoms with E-state index in [1.807, 2.05) is 12.1 Å². The Morgan fingerprint density at radius 1 is 0.550 bits per heavy atom. The van der Waals surface area contributed by atoms with Crippen LogP contribution >= 0.6 is 0 Å². The Hall–Kier alpha value is -1.39. The van der Waals surface area contributed by atoms with Crippen molar-refractivity contribution >= 4 is 0 Å². The first kappa shape index (κ1) is 30.1. The Morgan fingerprint density at radius 3 is 1.35 bits per heavy atom. The van der Waals surface area contributed by atoms with Crippen molar-refractivity contribution in [2.75, 3.05) is 26.2 Å². The molecule has 198 valence electrons. The van der Waals surface area contributed by atoms with Gasteiger partial charge in [-0.05, 0) is 24.7 Å². The summed E-state index contributed by atoms with van der Waals surface area (Å²) in [6.07, 6.45) is 2.04. The molecule has 2 radical (unpaired) electrons. The average molecular weight is 678 g/mol. The monoisotopic (exact) mass is 678 g/mol. The molecule has 40 heavy (non-hydrogen) atoms. The second-order valence-corrected chi connectivity index (χ2v) is 10.5. The molecule has 0 amide bonds. The van der Waals surface area contributed by atoms with Gasteiger partial charge in [0.05, 0.1) is 0 Å². The molecule has 6 heteroatoms. The molecule has 7 rings (SSSR count). The van der Waals surface area contributed by atoms with Crippen molar-refractivity contribution in [2.24, 2.45) is 0 Å². The molecule has 3 aliphatic rings. The first-order valence-electron chi connectivity index (χ1n) is 13.7. The molecule has 0 aliphatic carbocycles. The minimum absolute atomic E-state index is 0. The van der Waals surface area contributed by atoms with Crippen LogP contribution < -0.4 is 9.47 Å². The summed E-state index contributed by atoms with van der Waals surface area (Å²) >= 11 is 0. The van der Waals surface area contributed by atoms with Crippen LogP contribution in [-0.4, -0.2) is 48.4 Å². The minimum Gasteiger partial charge on any atom is -0.500 e. The molecule has 1 saturated heterocycles. The van der Waals surface area contributed by atoms with Gasteiger partial charge in [-0.3, -0.25) is 9.80 Å². The summed E-state index contributed by atoms with van der Waals surface area (Å²) in [5.41, 5.74) is 5.18. The molecule has 4 unspecified atom stereocenters. The Kier molecular flexibility index (Phi) is 10.3. The predicted molar refractivity (Wildman–Crippen MR) is 148 cm³/mol. The molecule has 0 saturated carbocycles. The Labute approximate surface area is 288 Å². The average Bonchev–Trinajstić information content (AvgIpc) is 3.01.